The van der Waals surface area contributed by atoms with Crippen molar-refractivity contribution in [1.82, 2.24) is 14.7 Å². The number of hydrogen-bond acceptors (Lipinski definition) is 3. The lowest BCUT2D eigenvalue weighted by molar-refractivity contribution is 0.139. The first-order valence-electron chi connectivity index (χ1n) is 10.8. The average Bonchev–Trinajstić information content (AvgIpc) is 3.15. The molecule has 7 heteroatoms. The normalized spacial score (nSPS) is 17.2. The van der Waals surface area contributed by atoms with Gasteiger partial charge in [-0.1, -0.05) is 35.9 Å². The number of aryl methyl sites for hydroxylation is 1. The van der Waals surface area contributed by atoms with Crippen LogP contribution in [0.4, 0.5) is 15.3 Å². The average molecular weight is 423 g/mol. The number of rotatable bonds is 5. The third-order valence-corrected chi connectivity index (χ3v) is 6.13. The minimum absolute atomic E-state index is 0.111. The maximum atomic E-state index is 12.9. The Hall–Kier alpha value is -3.22. The van der Waals surface area contributed by atoms with Crippen molar-refractivity contribution in [2.24, 2.45) is 0 Å². The van der Waals surface area contributed by atoms with Crippen LogP contribution in [0.15, 0.2) is 48.5 Å². The van der Waals surface area contributed by atoms with Crippen molar-refractivity contribution < 1.29 is 14.3 Å². The third-order valence-electron chi connectivity index (χ3n) is 6.13. The molecule has 164 valence electrons. The van der Waals surface area contributed by atoms with Crippen LogP contribution in [-0.2, 0) is 6.54 Å². The second-order valence-electron chi connectivity index (χ2n) is 8.26. The number of nitrogens with zero attached hydrogens (tertiary/aromatic N) is 3. The number of hydrogen-bond donors (Lipinski definition) is 1. The van der Waals surface area contributed by atoms with E-state index in [1.54, 1.807) is 13.2 Å². The zero-order valence-electron chi connectivity index (χ0n) is 18.2. The highest BCUT2D eigenvalue weighted by molar-refractivity contribution is 5.89. The van der Waals surface area contributed by atoms with E-state index in [4.69, 9.17) is 4.74 Å². The number of nitrogens with one attached hydrogen (secondary N) is 1. The third kappa shape index (κ3) is 4.93. The van der Waals surface area contributed by atoms with Crippen LogP contribution in [0.1, 0.15) is 24.0 Å². The maximum absolute atomic E-state index is 12.9. The van der Waals surface area contributed by atoms with Crippen molar-refractivity contribution in [2.75, 3.05) is 38.6 Å². The van der Waals surface area contributed by atoms with E-state index in [-0.39, 0.29) is 18.1 Å². The Morgan fingerprint density at radius 1 is 1.06 bits per heavy atom. The molecule has 0 spiro atoms. The summed E-state index contributed by atoms with van der Waals surface area (Å²) in [6.45, 7) is 5.51. The summed E-state index contributed by atoms with van der Waals surface area (Å²) in [6.07, 6.45) is 1.60. The molecule has 2 aliphatic rings. The van der Waals surface area contributed by atoms with E-state index in [0.29, 0.717) is 31.1 Å². The highest BCUT2D eigenvalue weighted by Gasteiger charge is 2.36. The SMILES string of the molecule is COc1cccc(NC(=O)N2CCC(N3CCN(Cc4ccc(C)cc4)C3=O)CC2)c1. The summed E-state index contributed by atoms with van der Waals surface area (Å²) in [5.74, 6) is 0.708. The van der Waals surface area contributed by atoms with Gasteiger partial charge in [-0.3, -0.25) is 0 Å². The number of anilines is 1. The van der Waals surface area contributed by atoms with E-state index in [9.17, 15) is 9.59 Å². The molecule has 0 atom stereocenters. The Labute approximate surface area is 183 Å². The molecule has 1 N–H and O–H groups in total. The first-order chi connectivity index (χ1) is 15.0. The summed E-state index contributed by atoms with van der Waals surface area (Å²) in [6, 6.07) is 15.9. The smallest absolute Gasteiger partial charge is 0.321 e. The van der Waals surface area contributed by atoms with Crippen LogP contribution in [0, 0.1) is 6.92 Å². The fraction of sp³-hybridized carbons (Fsp3) is 0.417. The molecule has 0 aliphatic carbocycles. The van der Waals surface area contributed by atoms with E-state index in [0.717, 1.165) is 31.5 Å². The van der Waals surface area contributed by atoms with Crippen LogP contribution in [0.2, 0.25) is 0 Å². The summed E-state index contributed by atoms with van der Waals surface area (Å²) in [7, 11) is 1.60. The molecule has 4 amide bonds. The van der Waals surface area contributed by atoms with Gasteiger partial charge in [-0.05, 0) is 37.5 Å². The zero-order valence-corrected chi connectivity index (χ0v) is 18.2. The van der Waals surface area contributed by atoms with Crippen LogP contribution < -0.4 is 10.1 Å². The largest absolute Gasteiger partial charge is 0.497 e. The number of carbonyl (C=O) groups is 2. The zero-order chi connectivity index (χ0) is 21.8. The van der Waals surface area contributed by atoms with Crippen molar-refractivity contribution >= 4 is 17.7 Å². The Morgan fingerprint density at radius 2 is 1.81 bits per heavy atom. The number of ether oxygens (including phenoxy) is 1. The lowest BCUT2D eigenvalue weighted by Gasteiger charge is -2.36. The fourth-order valence-corrected chi connectivity index (χ4v) is 4.28. The van der Waals surface area contributed by atoms with Gasteiger partial charge in [0.05, 0.1) is 7.11 Å². The molecule has 0 saturated carbocycles. The number of amides is 4. The summed E-state index contributed by atoms with van der Waals surface area (Å²) in [5, 5.41) is 2.94. The second-order valence-corrected chi connectivity index (χ2v) is 8.26. The van der Waals surface area contributed by atoms with Crippen LogP contribution in [0.5, 0.6) is 5.75 Å². The van der Waals surface area contributed by atoms with E-state index >= 15 is 0 Å². The van der Waals surface area contributed by atoms with E-state index in [2.05, 4.69) is 36.5 Å². The number of urea groups is 2. The highest BCUT2D eigenvalue weighted by Crippen LogP contribution is 2.24. The van der Waals surface area contributed by atoms with Crippen molar-refractivity contribution in [3.05, 3.63) is 59.7 Å². The number of likely N-dealkylation sites (tertiary alicyclic amines) is 1. The lowest BCUT2D eigenvalue weighted by atomic mass is 10.0. The monoisotopic (exact) mass is 422 g/mol. The quantitative estimate of drug-likeness (QED) is 0.794. The summed E-state index contributed by atoms with van der Waals surface area (Å²) >= 11 is 0. The van der Waals surface area contributed by atoms with Gasteiger partial charge in [0.25, 0.3) is 0 Å². The Balaban J connectivity index is 1.28. The van der Waals surface area contributed by atoms with Gasteiger partial charge >= 0.3 is 12.1 Å². The Kier molecular flexibility index (Phi) is 6.30. The number of piperidine rings is 1. The maximum Gasteiger partial charge on any atom is 0.321 e. The highest BCUT2D eigenvalue weighted by atomic mass is 16.5. The van der Waals surface area contributed by atoms with Gasteiger partial charge in [0, 0.05) is 50.5 Å². The van der Waals surface area contributed by atoms with Crippen LogP contribution in [0.25, 0.3) is 0 Å². The molecular weight excluding hydrogens is 392 g/mol. The molecule has 2 heterocycles. The van der Waals surface area contributed by atoms with E-state index in [1.807, 2.05) is 32.9 Å². The fourth-order valence-electron chi connectivity index (χ4n) is 4.28. The molecule has 0 aromatic heterocycles. The topological polar surface area (TPSA) is 65.1 Å². The Morgan fingerprint density at radius 3 is 2.52 bits per heavy atom. The van der Waals surface area contributed by atoms with E-state index < -0.39 is 0 Å². The van der Waals surface area contributed by atoms with Gasteiger partial charge in [-0.25, -0.2) is 9.59 Å². The van der Waals surface area contributed by atoms with Crippen molar-refractivity contribution in [1.29, 1.82) is 0 Å². The van der Waals surface area contributed by atoms with E-state index in [1.165, 1.54) is 5.56 Å². The standard InChI is InChI=1S/C24H30N4O3/c1-18-6-8-19(9-7-18)17-27-14-15-28(24(27)30)21-10-12-26(13-11-21)23(29)25-20-4-3-5-22(16-20)31-2/h3-9,16,21H,10-15,17H2,1-2H3,(H,25,29). The van der Waals surface area contributed by atoms with Crippen molar-refractivity contribution in [3.63, 3.8) is 0 Å². The number of benzene rings is 2. The van der Waals surface area contributed by atoms with Gasteiger partial charge in [0.15, 0.2) is 0 Å². The molecule has 2 aromatic rings. The summed E-state index contributed by atoms with van der Waals surface area (Å²) < 4.78 is 5.21. The molecule has 2 fully saturated rings. The summed E-state index contributed by atoms with van der Waals surface area (Å²) in [5.41, 5.74) is 3.10. The van der Waals surface area contributed by atoms with Crippen LogP contribution in [-0.4, -0.2) is 66.1 Å². The molecule has 2 aliphatic heterocycles. The predicted octanol–water partition coefficient (Wildman–Crippen LogP) is 3.94. The van der Waals surface area contributed by atoms with Gasteiger partial charge < -0.3 is 24.8 Å². The molecule has 4 rings (SSSR count). The number of methoxy groups -OCH3 is 1. The van der Waals surface area contributed by atoms with Crippen molar-refractivity contribution in [2.45, 2.75) is 32.4 Å². The molecular formula is C24H30N4O3. The lowest BCUT2D eigenvalue weighted by Crippen LogP contribution is -2.49. The molecule has 0 radical (unpaired) electrons. The van der Waals surface area contributed by atoms with Crippen LogP contribution in [0.3, 0.4) is 0 Å². The predicted molar refractivity (Wildman–Crippen MR) is 120 cm³/mol. The van der Waals surface area contributed by atoms with Gasteiger partial charge in [-0.2, -0.15) is 0 Å². The molecule has 7 nitrogen and oxygen atoms in total. The molecule has 2 aromatic carbocycles. The van der Waals surface area contributed by atoms with Crippen molar-refractivity contribution in [3.8, 4) is 5.75 Å². The number of carbonyl (C=O) groups excluding carboxylic acids is 2. The first kappa shape index (κ1) is 21.0. The summed E-state index contributed by atoms with van der Waals surface area (Å²) in [4.78, 5) is 31.3. The van der Waals surface area contributed by atoms with Gasteiger partial charge in [0.1, 0.15) is 5.75 Å². The van der Waals surface area contributed by atoms with Crippen LogP contribution >= 0.6 is 0 Å². The van der Waals surface area contributed by atoms with Gasteiger partial charge in [0.2, 0.25) is 0 Å². The molecule has 31 heavy (non-hydrogen) atoms. The molecule has 2 saturated heterocycles. The molecule has 0 unspecified atom stereocenters. The Bertz CT molecular complexity index is 923. The first-order valence-corrected chi connectivity index (χ1v) is 10.8. The molecule has 0 bridgehead atoms. The minimum atomic E-state index is -0.111. The minimum Gasteiger partial charge on any atom is -0.497 e. The second kappa shape index (κ2) is 9.29. The van der Waals surface area contributed by atoms with Gasteiger partial charge in [-0.15, -0.1) is 0 Å².